The number of esters is 1. The van der Waals surface area contributed by atoms with E-state index in [1.165, 1.54) is 4.90 Å². The number of aliphatic carboxylic acids is 1. The number of rotatable bonds is 8. The number of piperidine rings is 1. The van der Waals surface area contributed by atoms with E-state index < -0.39 is 12.0 Å². The van der Waals surface area contributed by atoms with Gasteiger partial charge < -0.3 is 24.5 Å². The molecule has 2 aliphatic heterocycles. The van der Waals surface area contributed by atoms with Gasteiger partial charge in [-0.1, -0.05) is 26.0 Å². The molecule has 36 heavy (non-hydrogen) atoms. The summed E-state index contributed by atoms with van der Waals surface area (Å²) in [5.74, 6) is -1.35. The predicted molar refractivity (Wildman–Crippen MR) is 134 cm³/mol. The van der Waals surface area contributed by atoms with Crippen molar-refractivity contribution >= 4 is 23.9 Å². The van der Waals surface area contributed by atoms with Crippen LogP contribution in [-0.4, -0.2) is 82.0 Å². The van der Waals surface area contributed by atoms with E-state index in [0.717, 1.165) is 5.56 Å². The Kier molecular flexibility index (Phi) is 9.34. The first kappa shape index (κ1) is 27.5. The molecule has 2 fully saturated rings. The molecule has 2 saturated heterocycles. The topological polar surface area (TPSA) is 107 Å². The minimum absolute atomic E-state index is 0.0116. The number of carbonyl (C=O) groups is 4. The highest BCUT2D eigenvalue weighted by Gasteiger charge is 2.35. The van der Waals surface area contributed by atoms with Gasteiger partial charge >= 0.3 is 18.0 Å². The van der Waals surface area contributed by atoms with E-state index in [-0.39, 0.29) is 35.8 Å². The third-order valence-corrected chi connectivity index (χ3v) is 7.44. The van der Waals surface area contributed by atoms with Crippen LogP contribution >= 0.6 is 0 Å². The van der Waals surface area contributed by atoms with Gasteiger partial charge in [0, 0.05) is 37.8 Å². The maximum atomic E-state index is 13.5. The summed E-state index contributed by atoms with van der Waals surface area (Å²) in [7, 11) is 0. The average Bonchev–Trinajstić information content (AvgIpc) is 3.37. The van der Waals surface area contributed by atoms with Crippen LogP contribution in [0.15, 0.2) is 24.3 Å². The second-order valence-electron chi connectivity index (χ2n) is 10.1. The summed E-state index contributed by atoms with van der Waals surface area (Å²) in [4.78, 5) is 55.0. The molecule has 3 amide bonds. The Hall–Kier alpha value is -3.10. The molecule has 0 radical (unpaired) electrons. The number of carboxylic acids is 1. The molecule has 1 N–H and O–H groups in total. The summed E-state index contributed by atoms with van der Waals surface area (Å²) in [6, 6.07) is 6.25. The van der Waals surface area contributed by atoms with Gasteiger partial charge in [0.15, 0.2) is 0 Å². The van der Waals surface area contributed by atoms with E-state index in [1.54, 1.807) is 19.1 Å². The van der Waals surface area contributed by atoms with Gasteiger partial charge in [0.25, 0.3) is 5.91 Å². The third-order valence-electron chi connectivity index (χ3n) is 7.44. The quantitative estimate of drug-likeness (QED) is 0.545. The average molecular weight is 502 g/mol. The highest BCUT2D eigenvalue weighted by Crippen LogP contribution is 2.24. The van der Waals surface area contributed by atoms with Crippen molar-refractivity contribution in [3.63, 3.8) is 0 Å². The van der Waals surface area contributed by atoms with E-state index in [2.05, 4.69) is 13.8 Å². The molecule has 9 heteroatoms. The number of benzene rings is 1. The maximum Gasteiger partial charge on any atom is 0.326 e. The molecule has 9 nitrogen and oxygen atoms in total. The lowest BCUT2D eigenvalue weighted by Gasteiger charge is -2.39. The lowest BCUT2D eigenvalue weighted by atomic mass is 9.97. The fourth-order valence-electron chi connectivity index (χ4n) is 4.88. The molecule has 2 heterocycles. The van der Waals surface area contributed by atoms with Gasteiger partial charge in [-0.3, -0.25) is 9.59 Å². The van der Waals surface area contributed by atoms with Crippen molar-refractivity contribution in [2.24, 2.45) is 11.8 Å². The monoisotopic (exact) mass is 501 g/mol. The number of hydrogen-bond donors (Lipinski definition) is 1. The molecule has 1 unspecified atom stereocenters. The Morgan fingerprint density at radius 2 is 1.67 bits per heavy atom. The second-order valence-corrected chi connectivity index (χ2v) is 10.1. The number of hydrogen-bond acceptors (Lipinski definition) is 5. The standard InChI is InChI=1S/C27H39N3O6/c1-5-36-26(34)22-12-15-28(16-13-22)27(35)30(19(4)18(2)3)17-20-8-10-21(11-9-20)24(31)29-14-6-7-23(29)25(32)33/h8-11,18-19,22-23H,5-7,12-17H2,1-4H3,(H,32,33)/t19?,23-/m1/s1. The molecule has 0 bridgehead atoms. The molecule has 0 spiro atoms. The van der Waals surface area contributed by atoms with E-state index >= 15 is 0 Å². The van der Waals surface area contributed by atoms with Gasteiger partial charge in [0.05, 0.1) is 12.5 Å². The van der Waals surface area contributed by atoms with Crippen molar-refractivity contribution in [1.82, 2.24) is 14.7 Å². The molecule has 0 saturated carbocycles. The summed E-state index contributed by atoms with van der Waals surface area (Å²) in [6.07, 6.45) is 2.35. The van der Waals surface area contributed by atoms with Crippen LogP contribution in [0.5, 0.6) is 0 Å². The largest absolute Gasteiger partial charge is 0.480 e. The van der Waals surface area contributed by atoms with Gasteiger partial charge in [0.1, 0.15) is 6.04 Å². The number of carboxylic acid groups (broad SMARTS) is 1. The van der Waals surface area contributed by atoms with Crippen LogP contribution in [-0.2, 0) is 20.9 Å². The SMILES string of the molecule is CCOC(=O)C1CCN(C(=O)N(Cc2ccc(C(=O)N3CCC[C@@H]3C(=O)O)cc2)C(C)C(C)C)CC1. The Morgan fingerprint density at radius 3 is 2.22 bits per heavy atom. The Morgan fingerprint density at radius 1 is 1.03 bits per heavy atom. The number of nitrogens with zero attached hydrogens (tertiary/aromatic N) is 3. The summed E-state index contributed by atoms with van der Waals surface area (Å²) in [5, 5.41) is 9.39. The molecule has 1 aromatic carbocycles. The third kappa shape index (κ3) is 6.36. The van der Waals surface area contributed by atoms with Crippen LogP contribution < -0.4 is 0 Å². The number of carbonyl (C=O) groups excluding carboxylic acids is 3. The summed E-state index contributed by atoms with van der Waals surface area (Å²) >= 11 is 0. The van der Waals surface area contributed by atoms with Crippen LogP contribution in [0, 0.1) is 11.8 Å². The maximum absolute atomic E-state index is 13.5. The molecular formula is C27H39N3O6. The molecule has 1 aromatic rings. The summed E-state index contributed by atoms with van der Waals surface area (Å²) < 4.78 is 5.14. The van der Waals surface area contributed by atoms with Gasteiger partial charge in [-0.15, -0.1) is 0 Å². The first-order valence-corrected chi connectivity index (χ1v) is 13.0. The van der Waals surface area contributed by atoms with Crippen LogP contribution in [0.4, 0.5) is 4.79 Å². The number of urea groups is 1. The minimum atomic E-state index is -0.972. The molecular weight excluding hydrogens is 462 g/mol. The van der Waals surface area contributed by atoms with E-state index in [0.29, 0.717) is 64.0 Å². The zero-order chi connectivity index (χ0) is 26.4. The van der Waals surface area contributed by atoms with Crippen molar-refractivity contribution in [2.75, 3.05) is 26.2 Å². The van der Waals surface area contributed by atoms with E-state index in [4.69, 9.17) is 4.74 Å². The molecule has 2 atom stereocenters. The van der Waals surface area contributed by atoms with Crippen LogP contribution in [0.2, 0.25) is 0 Å². The zero-order valence-corrected chi connectivity index (χ0v) is 21.8. The minimum Gasteiger partial charge on any atom is -0.480 e. The Bertz CT molecular complexity index is 939. The first-order chi connectivity index (χ1) is 17.1. The fourth-order valence-corrected chi connectivity index (χ4v) is 4.88. The normalized spacial score (nSPS) is 19.3. The Balaban J connectivity index is 1.68. The van der Waals surface area contributed by atoms with E-state index in [9.17, 15) is 24.3 Å². The lowest BCUT2D eigenvalue weighted by Crippen LogP contribution is -2.51. The van der Waals surface area contributed by atoms with Crippen molar-refractivity contribution in [1.29, 1.82) is 0 Å². The zero-order valence-electron chi connectivity index (χ0n) is 21.8. The summed E-state index contributed by atoms with van der Waals surface area (Å²) in [5.41, 5.74) is 1.34. The van der Waals surface area contributed by atoms with Gasteiger partial charge in [-0.05, 0) is 63.1 Å². The second kappa shape index (κ2) is 12.2. The summed E-state index contributed by atoms with van der Waals surface area (Å²) in [6.45, 7) is 10.2. The first-order valence-electron chi connectivity index (χ1n) is 13.0. The van der Waals surface area contributed by atoms with Crippen LogP contribution in [0.25, 0.3) is 0 Å². The molecule has 198 valence electrons. The van der Waals surface area contributed by atoms with Crippen molar-refractivity contribution in [3.8, 4) is 0 Å². The van der Waals surface area contributed by atoms with E-state index in [1.807, 2.05) is 28.9 Å². The van der Waals surface area contributed by atoms with Gasteiger partial charge in [-0.25, -0.2) is 9.59 Å². The van der Waals surface area contributed by atoms with Crippen molar-refractivity contribution < 1.29 is 29.0 Å². The highest BCUT2D eigenvalue weighted by molar-refractivity contribution is 5.97. The molecule has 0 aromatic heterocycles. The Labute approximate surface area is 213 Å². The predicted octanol–water partition coefficient (Wildman–Crippen LogP) is 3.62. The van der Waals surface area contributed by atoms with Crippen molar-refractivity contribution in [2.45, 2.75) is 72.0 Å². The highest BCUT2D eigenvalue weighted by atomic mass is 16.5. The smallest absolute Gasteiger partial charge is 0.326 e. The number of likely N-dealkylation sites (tertiary alicyclic amines) is 2. The van der Waals surface area contributed by atoms with Crippen LogP contribution in [0.3, 0.4) is 0 Å². The number of amides is 3. The van der Waals surface area contributed by atoms with Crippen molar-refractivity contribution in [3.05, 3.63) is 35.4 Å². The van der Waals surface area contributed by atoms with Crippen LogP contribution in [0.1, 0.15) is 69.3 Å². The molecule has 0 aliphatic carbocycles. The lowest BCUT2D eigenvalue weighted by molar-refractivity contribution is -0.149. The van der Waals surface area contributed by atoms with Gasteiger partial charge in [-0.2, -0.15) is 0 Å². The fraction of sp³-hybridized carbons (Fsp3) is 0.630. The molecule has 3 rings (SSSR count). The molecule has 2 aliphatic rings. The van der Waals surface area contributed by atoms with Gasteiger partial charge in [0.2, 0.25) is 0 Å². The number of ether oxygens (including phenoxy) is 1.